The number of rotatable bonds is 20. The van der Waals surface area contributed by atoms with Gasteiger partial charge in [-0.05, 0) is 0 Å². The molecule has 0 amide bonds. The van der Waals surface area contributed by atoms with Crippen molar-refractivity contribution in [3.05, 3.63) is 10.2 Å². The number of hydrogen-bond acceptors (Lipinski definition) is 1. The average molecular weight is 546 g/mol. The van der Waals surface area contributed by atoms with Crippen LogP contribution in [0.15, 0.2) is 10.2 Å². The van der Waals surface area contributed by atoms with Gasteiger partial charge in [0.25, 0.3) is 0 Å². The molecule has 0 radical (unpaired) electrons. The van der Waals surface area contributed by atoms with Crippen molar-refractivity contribution in [3.63, 3.8) is 0 Å². The Morgan fingerprint density at radius 1 is 0.700 bits per heavy atom. The topological polar surface area (TPSA) is 9.23 Å². The van der Waals surface area contributed by atoms with Crippen LogP contribution in [0.25, 0.3) is 0 Å². The molecule has 1 unspecified atom stereocenters. The summed E-state index contributed by atoms with van der Waals surface area (Å²) in [5.41, 5.74) is 0.0542. The van der Waals surface area contributed by atoms with Gasteiger partial charge >= 0.3 is 198 Å². The molecule has 30 heavy (non-hydrogen) atoms. The first kappa shape index (κ1) is 30.7. The van der Waals surface area contributed by atoms with Crippen molar-refractivity contribution in [2.45, 2.75) is 157 Å². The van der Waals surface area contributed by atoms with E-state index in [2.05, 4.69) is 65.6 Å². The van der Waals surface area contributed by atoms with Crippen LogP contribution in [-0.4, -0.2) is 32.3 Å². The third-order valence-electron chi connectivity index (χ3n) is 7.56. The first-order chi connectivity index (χ1) is 14.3. The minimum absolute atomic E-state index is 0.0542. The zero-order chi connectivity index (χ0) is 22.9. The molecule has 1 nitrogen and oxygen atoms in total. The fourth-order valence-electron chi connectivity index (χ4n) is 5.00. The molecule has 0 aromatic carbocycles. The van der Waals surface area contributed by atoms with Crippen molar-refractivity contribution in [2.24, 2.45) is 0 Å². The van der Waals surface area contributed by atoms with Crippen molar-refractivity contribution < 1.29 is 4.43 Å². The molecule has 0 aliphatic rings. The van der Waals surface area contributed by atoms with Gasteiger partial charge in [0.2, 0.25) is 0 Å². The van der Waals surface area contributed by atoms with Crippen molar-refractivity contribution in [3.8, 4) is 0 Å². The van der Waals surface area contributed by atoms with E-state index in [1.165, 1.54) is 75.9 Å². The van der Waals surface area contributed by atoms with Gasteiger partial charge in [0, 0.05) is 0 Å². The molecule has 1 atom stereocenters. The summed E-state index contributed by atoms with van der Waals surface area (Å²) >= 11 is -2.18. The molecular weight excluding hydrogens is 487 g/mol. The predicted molar refractivity (Wildman–Crippen MR) is 145 cm³/mol. The van der Waals surface area contributed by atoms with E-state index in [0.717, 1.165) is 6.42 Å². The third kappa shape index (κ3) is 11.5. The number of hydrogen-bond donors (Lipinski definition) is 0. The van der Waals surface area contributed by atoms with Crippen LogP contribution < -0.4 is 0 Å². The maximum atomic E-state index is 7.14. The van der Waals surface area contributed by atoms with E-state index < -0.39 is 26.7 Å². The molecule has 0 saturated heterocycles. The Kier molecular flexibility index (Phi) is 17.6. The predicted octanol–water partition coefficient (Wildman–Crippen LogP) is 10.3. The Bertz CT molecular complexity index is 403. The minimum atomic E-state index is -2.18. The van der Waals surface area contributed by atoms with Gasteiger partial charge in [-0.3, -0.25) is 0 Å². The normalized spacial score (nSPS) is 15.1. The van der Waals surface area contributed by atoms with E-state index in [1.807, 2.05) is 0 Å². The van der Waals surface area contributed by atoms with Gasteiger partial charge in [0.15, 0.2) is 0 Å². The zero-order valence-corrected chi connectivity index (χ0v) is 26.2. The molecule has 0 bridgehead atoms. The fourth-order valence-corrected chi connectivity index (χ4v) is 22.6. The van der Waals surface area contributed by atoms with E-state index in [1.54, 1.807) is 13.3 Å². The van der Waals surface area contributed by atoms with Crippen LogP contribution in [0.2, 0.25) is 31.4 Å². The molecular formula is C27H58OSiSn. The monoisotopic (exact) mass is 546 g/mol. The van der Waals surface area contributed by atoms with Crippen LogP contribution in [0.5, 0.6) is 0 Å². The van der Waals surface area contributed by atoms with Crippen LogP contribution in [-0.2, 0) is 4.43 Å². The van der Waals surface area contributed by atoms with Crippen LogP contribution in [0.3, 0.4) is 0 Å². The summed E-state index contributed by atoms with van der Waals surface area (Å²) in [7, 11) is -1.58. The molecule has 0 saturated carbocycles. The van der Waals surface area contributed by atoms with E-state index >= 15 is 0 Å². The molecule has 3 heteroatoms. The molecule has 0 aliphatic carbocycles. The van der Waals surface area contributed by atoms with Gasteiger partial charge in [0.05, 0.1) is 0 Å². The van der Waals surface area contributed by atoms with Crippen molar-refractivity contribution in [2.75, 3.05) is 0 Å². The van der Waals surface area contributed by atoms with Gasteiger partial charge in [0.1, 0.15) is 0 Å². The summed E-state index contributed by atoms with van der Waals surface area (Å²) in [6, 6.07) is 3.79. The molecule has 0 fully saturated rings. The van der Waals surface area contributed by atoms with Gasteiger partial charge in [-0.1, -0.05) is 0 Å². The molecule has 0 aromatic rings. The second-order valence-corrected chi connectivity index (χ2v) is 27.9. The van der Waals surface area contributed by atoms with Crippen LogP contribution in [0.4, 0.5) is 0 Å². The maximum absolute atomic E-state index is 7.14. The molecule has 0 rings (SSSR count). The Labute approximate surface area is 197 Å². The molecule has 0 N–H and O–H groups in total. The van der Waals surface area contributed by atoms with Gasteiger partial charge in [-0.15, -0.1) is 0 Å². The summed E-state index contributed by atoms with van der Waals surface area (Å²) in [5.74, 6) is 0. The average Bonchev–Trinajstić information content (AvgIpc) is 2.77. The number of unbranched alkanes of at least 4 members (excludes halogenated alkanes) is 4. The summed E-state index contributed by atoms with van der Waals surface area (Å²) in [6.07, 6.45) is 16.0. The summed E-state index contributed by atoms with van der Waals surface area (Å²) in [5, 5.41) is 0. The van der Waals surface area contributed by atoms with E-state index in [-0.39, 0.29) is 5.60 Å². The second-order valence-electron chi connectivity index (χ2n) is 10.2. The molecule has 0 heterocycles. The summed E-state index contributed by atoms with van der Waals surface area (Å²) in [6.45, 7) is 19.0. The van der Waals surface area contributed by atoms with E-state index in [4.69, 9.17) is 4.43 Å². The first-order valence-electron chi connectivity index (χ1n) is 13.7. The standard InChI is InChI=1S/C15H31OSi.3C4H9.Sn/c1-7-12-14-15(6,13-8-2)16-17(9-3,10-4)11-5;3*1-3-4-2;/h2,8H,7,9-14H2,1,3-6H3;3*1,3-4H2,2H3;. The Morgan fingerprint density at radius 3 is 1.50 bits per heavy atom. The molecule has 0 aliphatic heterocycles. The quantitative estimate of drug-likeness (QED) is 0.138. The first-order valence-corrected chi connectivity index (χ1v) is 23.9. The van der Waals surface area contributed by atoms with Crippen molar-refractivity contribution in [1.82, 2.24) is 0 Å². The second kappa shape index (κ2) is 17.2. The van der Waals surface area contributed by atoms with Crippen LogP contribution >= 0.6 is 0 Å². The summed E-state index contributed by atoms with van der Waals surface area (Å²) < 4.78 is 14.7. The zero-order valence-electron chi connectivity index (χ0n) is 22.4. The Balaban J connectivity index is 5.59. The Hall–Kier alpha value is 0.716. The molecule has 0 spiro atoms. The van der Waals surface area contributed by atoms with Crippen molar-refractivity contribution in [1.29, 1.82) is 0 Å². The van der Waals surface area contributed by atoms with Gasteiger partial charge in [-0.25, -0.2) is 0 Å². The summed E-state index contributed by atoms with van der Waals surface area (Å²) in [4.78, 5) is 0. The fraction of sp³-hybridized carbons (Fsp3) is 0.926. The van der Waals surface area contributed by atoms with Gasteiger partial charge in [-0.2, -0.15) is 0 Å². The van der Waals surface area contributed by atoms with Crippen LogP contribution in [0.1, 0.15) is 120 Å². The third-order valence-corrected chi connectivity index (χ3v) is 26.6. The van der Waals surface area contributed by atoms with E-state index in [0.29, 0.717) is 0 Å². The van der Waals surface area contributed by atoms with Gasteiger partial charge < -0.3 is 0 Å². The molecule has 0 aromatic heterocycles. The Morgan fingerprint density at radius 2 is 1.13 bits per heavy atom. The van der Waals surface area contributed by atoms with Crippen LogP contribution in [0, 0.1) is 0 Å². The SMILES string of the molecule is CCCCC(C)(C/C=[CH]/[Sn]([CH2]CCC)([CH2]CCC)[CH2]CCC)O[Si](CC)(CC)CC. The van der Waals surface area contributed by atoms with E-state index in [9.17, 15) is 0 Å². The molecule has 180 valence electrons. The van der Waals surface area contributed by atoms with Crippen molar-refractivity contribution >= 4 is 26.7 Å².